The van der Waals surface area contributed by atoms with Gasteiger partial charge in [0.25, 0.3) is 5.56 Å². The van der Waals surface area contributed by atoms with Crippen molar-refractivity contribution in [2.45, 2.75) is 50.4 Å². The molecule has 1 amide bonds. The molecule has 1 aliphatic heterocycles. The van der Waals surface area contributed by atoms with E-state index >= 15 is 0 Å². The fourth-order valence-electron chi connectivity index (χ4n) is 2.86. The van der Waals surface area contributed by atoms with Gasteiger partial charge < -0.3 is 5.32 Å². The second kappa shape index (κ2) is 7.42. The zero-order valence-electron chi connectivity index (χ0n) is 15.4. The van der Waals surface area contributed by atoms with E-state index in [2.05, 4.69) is 10.3 Å². The molecule has 2 aromatic rings. The summed E-state index contributed by atoms with van der Waals surface area (Å²) in [7, 11) is 0. The molecule has 0 bridgehead atoms. The van der Waals surface area contributed by atoms with Gasteiger partial charge in [0.1, 0.15) is 11.6 Å². The highest BCUT2D eigenvalue weighted by Crippen LogP contribution is 2.33. The third-order valence-electron chi connectivity index (χ3n) is 4.40. The lowest BCUT2D eigenvalue weighted by molar-refractivity contribution is -0.121. The van der Waals surface area contributed by atoms with Gasteiger partial charge in [0, 0.05) is 35.8 Å². The van der Waals surface area contributed by atoms with E-state index < -0.39 is 11.6 Å². The molecule has 1 aliphatic rings. The minimum Gasteiger partial charge on any atom is -0.352 e. The summed E-state index contributed by atoms with van der Waals surface area (Å²) in [5, 5.41) is 3.13. The van der Waals surface area contributed by atoms with Crippen LogP contribution in [0, 0.1) is 11.6 Å². The van der Waals surface area contributed by atoms with Crippen molar-refractivity contribution in [3.8, 4) is 0 Å². The summed E-state index contributed by atoms with van der Waals surface area (Å²) in [6.45, 7) is 5.72. The van der Waals surface area contributed by atoms with E-state index in [9.17, 15) is 18.4 Å². The Hall–Kier alpha value is -2.22. The number of nitrogens with one attached hydrogen (secondary N) is 1. The largest absolute Gasteiger partial charge is 0.352 e. The molecule has 0 spiro atoms. The first-order chi connectivity index (χ1) is 12.7. The minimum absolute atomic E-state index is 0.0481. The molecular weight excluding hydrogens is 372 g/mol. The highest BCUT2D eigenvalue weighted by atomic mass is 32.2. The van der Waals surface area contributed by atoms with Crippen LogP contribution in [0.4, 0.5) is 8.78 Å². The van der Waals surface area contributed by atoms with E-state index in [1.807, 2.05) is 20.8 Å². The van der Waals surface area contributed by atoms with Crippen LogP contribution in [0.1, 0.15) is 44.5 Å². The number of aromatic nitrogens is 2. The number of halogens is 2. The van der Waals surface area contributed by atoms with Gasteiger partial charge in [-0.1, -0.05) is 38.6 Å². The molecular formula is C19H21F2N3O2S. The maximum absolute atomic E-state index is 13.6. The molecule has 1 unspecified atom stereocenters. The van der Waals surface area contributed by atoms with Crippen LogP contribution < -0.4 is 10.9 Å². The van der Waals surface area contributed by atoms with Crippen LogP contribution in [0.15, 0.2) is 34.2 Å². The maximum Gasteiger partial charge on any atom is 0.254 e. The van der Waals surface area contributed by atoms with E-state index in [0.717, 1.165) is 12.1 Å². The zero-order valence-corrected chi connectivity index (χ0v) is 16.2. The molecule has 0 fully saturated rings. The zero-order chi connectivity index (χ0) is 19.8. The lowest BCUT2D eigenvalue weighted by Gasteiger charge is -2.19. The average molecular weight is 393 g/mol. The molecule has 144 valence electrons. The van der Waals surface area contributed by atoms with Crippen molar-refractivity contribution in [3.63, 3.8) is 0 Å². The first-order valence-electron chi connectivity index (χ1n) is 8.63. The summed E-state index contributed by atoms with van der Waals surface area (Å²) in [5.74, 6) is -1.22. The number of fused-ring (bicyclic) bond motifs is 1. The number of nitrogens with zero attached hydrogens (tertiary/aromatic N) is 2. The number of amides is 1. The molecule has 1 aromatic carbocycles. The molecule has 0 saturated heterocycles. The van der Waals surface area contributed by atoms with Gasteiger partial charge in [-0.25, -0.2) is 13.8 Å². The van der Waals surface area contributed by atoms with Crippen LogP contribution in [0.2, 0.25) is 0 Å². The van der Waals surface area contributed by atoms with E-state index in [1.165, 1.54) is 28.5 Å². The Kier molecular flexibility index (Phi) is 5.37. The van der Waals surface area contributed by atoms with E-state index in [1.54, 1.807) is 0 Å². The van der Waals surface area contributed by atoms with E-state index in [4.69, 9.17) is 0 Å². The molecule has 0 radical (unpaired) electrons. The maximum atomic E-state index is 13.6. The SMILES string of the molecule is CC(C)(C)c1cc(=O)n2c(n1)SCC2CC(=O)NCc1c(F)cccc1F. The summed E-state index contributed by atoms with van der Waals surface area (Å²) < 4.78 is 28.8. The number of hydrogen-bond acceptors (Lipinski definition) is 4. The molecule has 5 nitrogen and oxygen atoms in total. The molecule has 0 aliphatic carbocycles. The van der Waals surface area contributed by atoms with Crippen LogP contribution in [-0.2, 0) is 16.8 Å². The van der Waals surface area contributed by atoms with Gasteiger partial charge in [0.15, 0.2) is 5.16 Å². The van der Waals surface area contributed by atoms with Gasteiger partial charge in [-0.15, -0.1) is 0 Å². The summed E-state index contributed by atoms with van der Waals surface area (Å²) in [4.78, 5) is 29.3. The van der Waals surface area contributed by atoms with Crippen molar-refractivity contribution in [1.29, 1.82) is 0 Å². The molecule has 8 heteroatoms. The molecule has 1 atom stereocenters. The quantitative estimate of drug-likeness (QED) is 0.811. The van der Waals surface area contributed by atoms with Gasteiger partial charge in [0.2, 0.25) is 5.91 Å². The molecule has 1 aromatic heterocycles. The fourth-order valence-corrected chi connectivity index (χ4v) is 4.01. The first-order valence-corrected chi connectivity index (χ1v) is 9.62. The van der Waals surface area contributed by atoms with Crippen LogP contribution in [-0.4, -0.2) is 21.2 Å². The number of carbonyl (C=O) groups is 1. The van der Waals surface area contributed by atoms with Gasteiger partial charge in [-0.2, -0.15) is 0 Å². The number of hydrogen-bond donors (Lipinski definition) is 1. The predicted molar refractivity (Wildman–Crippen MR) is 99.8 cm³/mol. The topological polar surface area (TPSA) is 64.0 Å². The summed E-state index contributed by atoms with van der Waals surface area (Å²) in [5.41, 5.74) is 0.106. The second-order valence-corrected chi connectivity index (χ2v) is 8.52. The Balaban J connectivity index is 1.70. The average Bonchev–Trinajstić information content (AvgIpc) is 2.97. The molecule has 2 heterocycles. The lowest BCUT2D eigenvalue weighted by atomic mass is 9.92. The van der Waals surface area contributed by atoms with Crippen LogP contribution in [0.25, 0.3) is 0 Å². The van der Waals surface area contributed by atoms with Crippen molar-refractivity contribution in [1.82, 2.24) is 14.9 Å². The Morgan fingerprint density at radius 2 is 2.00 bits per heavy atom. The number of thioether (sulfide) groups is 1. The predicted octanol–water partition coefficient (Wildman–Crippen LogP) is 3.17. The normalized spacial score (nSPS) is 16.3. The summed E-state index contributed by atoms with van der Waals surface area (Å²) in [6, 6.07) is 4.74. The smallest absolute Gasteiger partial charge is 0.254 e. The van der Waals surface area contributed by atoms with Crippen molar-refractivity contribution in [3.05, 3.63) is 57.5 Å². The Labute approximate surface area is 160 Å². The van der Waals surface area contributed by atoms with Crippen molar-refractivity contribution in [2.75, 3.05) is 5.75 Å². The Bertz CT molecular complexity index is 917. The molecule has 3 rings (SSSR count). The van der Waals surface area contributed by atoms with Crippen LogP contribution >= 0.6 is 11.8 Å². The van der Waals surface area contributed by atoms with Gasteiger partial charge >= 0.3 is 0 Å². The molecule has 27 heavy (non-hydrogen) atoms. The highest BCUT2D eigenvalue weighted by Gasteiger charge is 2.29. The second-order valence-electron chi connectivity index (χ2n) is 7.53. The third kappa shape index (κ3) is 4.21. The van der Waals surface area contributed by atoms with Gasteiger partial charge in [-0.3, -0.25) is 14.2 Å². The third-order valence-corrected chi connectivity index (χ3v) is 5.50. The van der Waals surface area contributed by atoms with E-state index in [0.29, 0.717) is 16.6 Å². The number of rotatable bonds is 4. The molecule has 0 saturated carbocycles. The van der Waals surface area contributed by atoms with Crippen molar-refractivity contribution in [2.24, 2.45) is 0 Å². The minimum atomic E-state index is -0.702. The summed E-state index contributed by atoms with van der Waals surface area (Å²) in [6.07, 6.45) is 0.0481. The van der Waals surface area contributed by atoms with Crippen molar-refractivity contribution < 1.29 is 13.6 Å². The molecule has 1 N–H and O–H groups in total. The van der Waals surface area contributed by atoms with Crippen LogP contribution in [0.3, 0.4) is 0 Å². The Morgan fingerprint density at radius 1 is 1.33 bits per heavy atom. The van der Waals surface area contributed by atoms with Crippen LogP contribution in [0.5, 0.6) is 0 Å². The monoisotopic (exact) mass is 393 g/mol. The highest BCUT2D eigenvalue weighted by molar-refractivity contribution is 7.99. The number of carbonyl (C=O) groups excluding carboxylic acids is 1. The fraction of sp³-hybridized carbons (Fsp3) is 0.421. The lowest BCUT2D eigenvalue weighted by Crippen LogP contribution is -2.31. The number of benzene rings is 1. The van der Waals surface area contributed by atoms with Gasteiger partial charge in [0.05, 0.1) is 11.7 Å². The summed E-state index contributed by atoms with van der Waals surface area (Å²) >= 11 is 1.43. The van der Waals surface area contributed by atoms with E-state index in [-0.39, 0.29) is 41.5 Å². The standard InChI is InChI=1S/C19H21F2N3O2S/c1-19(2,3)15-8-17(26)24-11(10-27-18(24)23-15)7-16(25)22-9-12-13(20)5-4-6-14(12)21/h4-6,8,11H,7,9-10H2,1-3H3,(H,22,25). The van der Waals surface area contributed by atoms with Gasteiger partial charge in [-0.05, 0) is 12.1 Å². The van der Waals surface area contributed by atoms with Crippen molar-refractivity contribution >= 4 is 17.7 Å². The first kappa shape index (κ1) is 19.5. The Morgan fingerprint density at radius 3 is 2.63 bits per heavy atom.